The smallest absolute Gasteiger partial charge is 0.232 e. The maximum atomic E-state index is 6.15. The number of nitrogens with zero attached hydrogens (tertiary/aromatic N) is 2. The molecule has 0 aliphatic carbocycles. The predicted molar refractivity (Wildman–Crippen MR) is 77.0 cm³/mol. The van der Waals surface area contributed by atoms with E-state index < -0.39 is 6.04 Å². The van der Waals surface area contributed by atoms with E-state index >= 15 is 0 Å². The minimum absolute atomic E-state index is 0.206. The minimum atomic E-state index is -0.488. The summed E-state index contributed by atoms with van der Waals surface area (Å²) >= 11 is 6.09. The predicted octanol–water partition coefficient (Wildman–Crippen LogP) is 3.08. The van der Waals surface area contributed by atoms with E-state index in [0.717, 1.165) is 5.56 Å². The summed E-state index contributed by atoms with van der Waals surface area (Å²) in [6, 6.07) is 4.86. The first-order chi connectivity index (χ1) is 9.32. The molecule has 1 heterocycles. The molecule has 2 N–H and O–H groups in total. The summed E-state index contributed by atoms with van der Waals surface area (Å²) in [7, 11) is 1.57. The van der Waals surface area contributed by atoms with Gasteiger partial charge in [-0.15, -0.1) is 0 Å². The molecule has 1 aromatic carbocycles. The van der Waals surface area contributed by atoms with Crippen LogP contribution in [0.3, 0.4) is 0 Å². The van der Waals surface area contributed by atoms with Gasteiger partial charge in [-0.2, -0.15) is 4.98 Å². The molecule has 1 atom stereocenters. The lowest BCUT2D eigenvalue weighted by molar-refractivity contribution is 0.317. The second-order valence-electron chi connectivity index (χ2n) is 5.58. The van der Waals surface area contributed by atoms with Crippen molar-refractivity contribution in [2.24, 2.45) is 5.73 Å². The molecule has 6 heteroatoms. The van der Waals surface area contributed by atoms with Gasteiger partial charge in [-0.3, -0.25) is 0 Å². The zero-order valence-corrected chi connectivity index (χ0v) is 12.7. The Morgan fingerprint density at radius 3 is 2.55 bits per heavy atom. The maximum absolute atomic E-state index is 6.15. The molecule has 0 saturated heterocycles. The van der Waals surface area contributed by atoms with Crippen molar-refractivity contribution in [1.82, 2.24) is 10.1 Å². The van der Waals surface area contributed by atoms with Crippen LogP contribution in [0, 0.1) is 0 Å². The lowest BCUT2D eigenvalue weighted by atomic mass is 9.97. The Labute approximate surface area is 123 Å². The van der Waals surface area contributed by atoms with E-state index in [4.69, 9.17) is 26.6 Å². The van der Waals surface area contributed by atoms with Crippen molar-refractivity contribution in [3.63, 3.8) is 0 Å². The van der Waals surface area contributed by atoms with Gasteiger partial charge in [-0.25, -0.2) is 0 Å². The van der Waals surface area contributed by atoms with Crippen LogP contribution >= 0.6 is 11.6 Å². The first-order valence-corrected chi connectivity index (χ1v) is 6.64. The third-order valence-corrected chi connectivity index (χ3v) is 3.19. The molecule has 0 aliphatic rings. The number of hydrogen-bond donors (Lipinski definition) is 1. The standard InChI is InChI=1S/C14H18ClN3O2/c1-14(2,3)13-17-12(18-20-13)11(16)8-5-6-10(19-4)9(15)7-8/h5-7,11H,16H2,1-4H3. The zero-order valence-electron chi connectivity index (χ0n) is 12.0. The van der Waals surface area contributed by atoms with Gasteiger partial charge in [0.1, 0.15) is 5.75 Å². The summed E-state index contributed by atoms with van der Waals surface area (Å²) in [5.74, 6) is 1.60. The molecule has 0 amide bonds. The fourth-order valence-corrected chi connectivity index (χ4v) is 1.96. The Kier molecular flexibility index (Phi) is 4.01. The third-order valence-electron chi connectivity index (χ3n) is 2.90. The summed E-state index contributed by atoms with van der Waals surface area (Å²) in [5, 5.41) is 4.45. The third kappa shape index (κ3) is 2.94. The summed E-state index contributed by atoms with van der Waals surface area (Å²) in [6.45, 7) is 6.00. The van der Waals surface area contributed by atoms with Gasteiger partial charge in [0.25, 0.3) is 0 Å². The summed E-state index contributed by atoms with van der Waals surface area (Å²) in [6.07, 6.45) is 0. The monoisotopic (exact) mass is 295 g/mol. The van der Waals surface area contributed by atoms with Crippen molar-refractivity contribution < 1.29 is 9.26 Å². The maximum Gasteiger partial charge on any atom is 0.232 e. The van der Waals surface area contributed by atoms with Gasteiger partial charge in [-0.05, 0) is 17.7 Å². The number of hydrogen-bond acceptors (Lipinski definition) is 5. The van der Waals surface area contributed by atoms with Crippen LogP contribution in [0.5, 0.6) is 5.75 Å². The van der Waals surface area contributed by atoms with Crippen LogP contribution in [0.1, 0.15) is 44.1 Å². The SMILES string of the molecule is COc1ccc(C(N)c2noc(C(C)(C)C)n2)cc1Cl. The van der Waals surface area contributed by atoms with Gasteiger partial charge in [0.15, 0.2) is 5.82 Å². The largest absolute Gasteiger partial charge is 0.495 e. The van der Waals surface area contributed by atoms with Crippen LogP contribution in [0.4, 0.5) is 0 Å². The van der Waals surface area contributed by atoms with E-state index in [1.165, 1.54) is 0 Å². The molecule has 108 valence electrons. The molecular weight excluding hydrogens is 278 g/mol. The molecule has 5 nitrogen and oxygen atoms in total. The van der Waals surface area contributed by atoms with Crippen LogP contribution in [-0.2, 0) is 5.41 Å². The number of ether oxygens (including phenoxy) is 1. The van der Waals surface area contributed by atoms with Crippen LogP contribution in [0.25, 0.3) is 0 Å². The second kappa shape index (κ2) is 5.42. The molecule has 0 radical (unpaired) electrons. The van der Waals surface area contributed by atoms with E-state index in [-0.39, 0.29) is 5.41 Å². The Hall–Kier alpha value is -1.59. The molecule has 0 bridgehead atoms. The molecule has 2 rings (SSSR count). The molecule has 0 spiro atoms. The van der Waals surface area contributed by atoms with Crippen LogP contribution in [0.2, 0.25) is 5.02 Å². The highest BCUT2D eigenvalue weighted by Gasteiger charge is 2.24. The van der Waals surface area contributed by atoms with Gasteiger partial charge >= 0.3 is 0 Å². The number of halogens is 1. The molecule has 1 unspecified atom stereocenters. The van der Waals surface area contributed by atoms with Crippen molar-refractivity contribution in [2.45, 2.75) is 32.2 Å². The number of methoxy groups -OCH3 is 1. The van der Waals surface area contributed by atoms with Gasteiger partial charge in [0, 0.05) is 5.41 Å². The molecule has 0 fully saturated rings. The van der Waals surface area contributed by atoms with Crippen molar-refractivity contribution in [2.75, 3.05) is 7.11 Å². The highest BCUT2D eigenvalue weighted by molar-refractivity contribution is 6.32. The van der Waals surface area contributed by atoms with Crippen molar-refractivity contribution in [3.05, 3.63) is 40.5 Å². The van der Waals surface area contributed by atoms with Crippen molar-refractivity contribution >= 4 is 11.6 Å². The topological polar surface area (TPSA) is 74.2 Å². The number of rotatable bonds is 3. The Morgan fingerprint density at radius 1 is 1.35 bits per heavy atom. The average molecular weight is 296 g/mol. The normalized spacial score (nSPS) is 13.3. The van der Waals surface area contributed by atoms with E-state index in [0.29, 0.717) is 22.5 Å². The number of nitrogens with two attached hydrogens (primary N) is 1. The highest BCUT2D eigenvalue weighted by atomic mass is 35.5. The van der Waals surface area contributed by atoms with Crippen LogP contribution in [0.15, 0.2) is 22.7 Å². The van der Waals surface area contributed by atoms with Gasteiger partial charge in [0.05, 0.1) is 18.2 Å². The van der Waals surface area contributed by atoms with Gasteiger partial charge in [-0.1, -0.05) is 43.6 Å². The Balaban J connectivity index is 2.29. The lowest BCUT2D eigenvalue weighted by Crippen LogP contribution is -2.15. The number of aromatic nitrogens is 2. The van der Waals surface area contributed by atoms with E-state index in [2.05, 4.69) is 10.1 Å². The van der Waals surface area contributed by atoms with Gasteiger partial charge < -0.3 is 15.0 Å². The van der Waals surface area contributed by atoms with Crippen LogP contribution in [-0.4, -0.2) is 17.3 Å². The number of benzene rings is 1. The molecule has 1 aromatic heterocycles. The molecule has 20 heavy (non-hydrogen) atoms. The highest BCUT2D eigenvalue weighted by Crippen LogP contribution is 2.29. The summed E-state index contributed by atoms with van der Waals surface area (Å²) in [4.78, 5) is 4.35. The zero-order chi connectivity index (χ0) is 14.9. The first-order valence-electron chi connectivity index (χ1n) is 6.26. The summed E-state index contributed by atoms with van der Waals surface area (Å²) < 4.78 is 10.4. The minimum Gasteiger partial charge on any atom is -0.495 e. The van der Waals surface area contributed by atoms with E-state index in [1.54, 1.807) is 19.2 Å². The fourth-order valence-electron chi connectivity index (χ4n) is 1.69. The Morgan fingerprint density at radius 2 is 2.05 bits per heavy atom. The van der Waals surface area contributed by atoms with Crippen molar-refractivity contribution in [3.8, 4) is 5.75 Å². The lowest BCUT2D eigenvalue weighted by Gasteiger charge is -2.11. The fraction of sp³-hybridized carbons (Fsp3) is 0.429. The second-order valence-corrected chi connectivity index (χ2v) is 5.99. The average Bonchev–Trinajstić information content (AvgIpc) is 2.87. The van der Waals surface area contributed by atoms with Crippen LogP contribution < -0.4 is 10.5 Å². The van der Waals surface area contributed by atoms with E-state index in [1.807, 2.05) is 26.8 Å². The van der Waals surface area contributed by atoms with Crippen molar-refractivity contribution in [1.29, 1.82) is 0 Å². The molecule has 2 aromatic rings. The van der Waals surface area contributed by atoms with E-state index in [9.17, 15) is 0 Å². The Bertz CT molecular complexity index is 605. The summed E-state index contributed by atoms with van der Waals surface area (Å²) in [5.41, 5.74) is 6.75. The first kappa shape index (κ1) is 14.8. The molecule has 0 saturated carbocycles. The van der Waals surface area contributed by atoms with Gasteiger partial charge in [0.2, 0.25) is 5.89 Å². The quantitative estimate of drug-likeness (QED) is 0.942. The molecule has 0 aliphatic heterocycles. The molecular formula is C14H18ClN3O2.